The van der Waals surface area contributed by atoms with E-state index in [2.05, 4.69) is 30.6 Å². The summed E-state index contributed by atoms with van der Waals surface area (Å²) in [5.74, 6) is 0.118. The maximum atomic E-state index is 12.8. The van der Waals surface area contributed by atoms with Gasteiger partial charge < -0.3 is 4.74 Å². The molecule has 1 heterocycles. The minimum Gasteiger partial charge on any atom is -0.470 e. The normalized spacial score (nSPS) is 11.4. The van der Waals surface area contributed by atoms with Crippen molar-refractivity contribution in [3.63, 3.8) is 0 Å². The Labute approximate surface area is 183 Å². The Morgan fingerprint density at radius 2 is 1.73 bits per heavy atom. The van der Waals surface area contributed by atoms with E-state index >= 15 is 0 Å². The Morgan fingerprint density at radius 3 is 2.53 bits per heavy atom. The molecule has 0 fully saturated rings. The number of benzene rings is 3. The molecule has 8 heteroatoms. The number of hydrogen-bond donors (Lipinski definition) is 1. The number of sulfonamides is 1. The van der Waals surface area contributed by atoms with Crippen LogP contribution in [0.2, 0.25) is 0 Å². The van der Waals surface area contributed by atoms with Gasteiger partial charge in [0.2, 0.25) is 5.82 Å². The van der Waals surface area contributed by atoms with Crippen LogP contribution in [-0.2, 0) is 16.6 Å². The summed E-state index contributed by atoms with van der Waals surface area (Å²) in [6.07, 6.45) is 1.41. The van der Waals surface area contributed by atoms with E-state index in [1.165, 1.54) is 6.20 Å². The second kappa shape index (κ2) is 8.41. The molecule has 0 aliphatic heterocycles. The molecule has 4 aromatic rings. The van der Waals surface area contributed by atoms with Crippen molar-refractivity contribution in [2.45, 2.75) is 18.4 Å². The van der Waals surface area contributed by atoms with Crippen molar-refractivity contribution in [3.05, 3.63) is 88.7 Å². The zero-order valence-corrected chi connectivity index (χ0v) is 18.4. The zero-order chi connectivity index (χ0) is 21.1. The van der Waals surface area contributed by atoms with E-state index in [0.29, 0.717) is 4.60 Å². The van der Waals surface area contributed by atoms with E-state index in [4.69, 9.17) is 4.74 Å². The summed E-state index contributed by atoms with van der Waals surface area (Å²) in [6, 6.07) is 20.5. The lowest BCUT2D eigenvalue weighted by molar-refractivity contribution is 0.295. The molecule has 0 unspecified atom stereocenters. The van der Waals surface area contributed by atoms with Crippen LogP contribution in [0.4, 0.5) is 5.82 Å². The van der Waals surface area contributed by atoms with Gasteiger partial charge in [-0.2, -0.15) is 0 Å². The summed E-state index contributed by atoms with van der Waals surface area (Å²) < 4.78 is 34.3. The van der Waals surface area contributed by atoms with Crippen LogP contribution in [0.3, 0.4) is 0 Å². The van der Waals surface area contributed by atoms with Gasteiger partial charge in [0.1, 0.15) is 11.2 Å². The first-order chi connectivity index (χ1) is 14.4. The van der Waals surface area contributed by atoms with Crippen molar-refractivity contribution in [1.29, 1.82) is 0 Å². The van der Waals surface area contributed by atoms with Crippen molar-refractivity contribution in [3.8, 4) is 5.88 Å². The average Bonchev–Trinajstić information content (AvgIpc) is 2.74. The highest BCUT2D eigenvalue weighted by Gasteiger charge is 2.19. The van der Waals surface area contributed by atoms with Crippen molar-refractivity contribution < 1.29 is 13.2 Å². The van der Waals surface area contributed by atoms with Crippen LogP contribution >= 0.6 is 15.9 Å². The lowest BCUT2D eigenvalue weighted by atomic mass is 10.1. The van der Waals surface area contributed by atoms with E-state index in [1.54, 1.807) is 24.3 Å². The molecule has 0 radical (unpaired) electrons. The number of aryl methyl sites for hydroxylation is 1. The first-order valence-electron chi connectivity index (χ1n) is 9.14. The number of aromatic nitrogens is 2. The Bertz CT molecular complexity index is 1300. The number of fused-ring (bicyclic) bond motifs is 1. The van der Waals surface area contributed by atoms with E-state index in [0.717, 1.165) is 21.9 Å². The number of anilines is 1. The van der Waals surface area contributed by atoms with Gasteiger partial charge in [-0.15, -0.1) is 0 Å². The number of nitrogens with zero attached hydrogens (tertiary/aromatic N) is 2. The summed E-state index contributed by atoms with van der Waals surface area (Å²) in [7, 11) is -3.83. The summed E-state index contributed by atoms with van der Waals surface area (Å²) in [5.41, 5.74) is 1.93. The minimum absolute atomic E-state index is 0.0269. The van der Waals surface area contributed by atoms with Gasteiger partial charge in [0, 0.05) is 0 Å². The lowest BCUT2D eigenvalue weighted by Gasteiger charge is -2.13. The number of ether oxygens (including phenoxy) is 1. The van der Waals surface area contributed by atoms with Crippen LogP contribution in [0.25, 0.3) is 10.8 Å². The van der Waals surface area contributed by atoms with Crippen molar-refractivity contribution >= 4 is 42.5 Å². The van der Waals surface area contributed by atoms with Gasteiger partial charge in [-0.1, -0.05) is 60.2 Å². The summed E-state index contributed by atoms with van der Waals surface area (Å²) >= 11 is 3.26. The molecular weight excluding hydrogens is 466 g/mol. The average molecular weight is 484 g/mol. The molecule has 0 aliphatic rings. The quantitative estimate of drug-likeness (QED) is 0.413. The zero-order valence-electron chi connectivity index (χ0n) is 16.0. The predicted octanol–water partition coefficient (Wildman–Crippen LogP) is 5.08. The predicted molar refractivity (Wildman–Crippen MR) is 120 cm³/mol. The first-order valence-corrected chi connectivity index (χ1v) is 11.4. The van der Waals surface area contributed by atoms with Crippen LogP contribution in [0.1, 0.15) is 11.1 Å². The highest BCUT2D eigenvalue weighted by molar-refractivity contribution is 9.10. The Balaban J connectivity index is 1.61. The van der Waals surface area contributed by atoms with Gasteiger partial charge >= 0.3 is 0 Å². The fourth-order valence-corrected chi connectivity index (χ4v) is 4.26. The SMILES string of the molecule is Cc1ccc(S(=O)(=O)Nc2ncc(Br)nc2OCc2cccc3ccccc23)cc1. The molecule has 0 aliphatic carbocycles. The molecule has 30 heavy (non-hydrogen) atoms. The molecular formula is C22H18BrN3O3S. The molecule has 0 saturated heterocycles. The molecule has 1 aromatic heterocycles. The van der Waals surface area contributed by atoms with Gasteiger partial charge in [0.05, 0.1) is 11.1 Å². The molecule has 4 rings (SSSR count). The number of rotatable bonds is 6. The fourth-order valence-electron chi connectivity index (χ4n) is 2.99. The molecule has 0 saturated carbocycles. The van der Waals surface area contributed by atoms with Crippen molar-refractivity contribution in [2.24, 2.45) is 0 Å². The smallest absolute Gasteiger partial charge is 0.263 e. The highest BCUT2D eigenvalue weighted by atomic mass is 79.9. The van der Waals surface area contributed by atoms with Crippen molar-refractivity contribution in [2.75, 3.05) is 4.72 Å². The first kappa shape index (κ1) is 20.3. The van der Waals surface area contributed by atoms with E-state index < -0.39 is 10.0 Å². The van der Waals surface area contributed by atoms with Crippen LogP contribution in [0.15, 0.2) is 82.4 Å². The lowest BCUT2D eigenvalue weighted by Crippen LogP contribution is -2.15. The molecule has 152 valence electrons. The van der Waals surface area contributed by atoms with E-state index in [-0.39, 0.29) is 23.2 Å². The summed E-state index contributed by atoms with van der Waals surface area (Å²) in [5, 5.41) is 2.16. The Hall–Kier alpha value is -2.97. The third kappa shape index (κ3) is 4.44. The largest absolute Gasteiger partial charge is 0.470 e. The Kier molecular flexibility index (Phi) is 5.69. The fraction of sp³-hybridized carbons (Fsp3) is 0.0909. The van der Waals surface area contributed by atoms with Gasteiger partial charge in [0.25, 0.3) is 15.9 Å². The maximum Gasteiger partial charge on any atom is 0.263 e. The van der Waals surface area contributed by atoms with E-state index in [1.807, 2.05) is 49.4 Å². The number of hydrogen-bond acceptors (Lipinski definition) is 5. The van der Waals surface area contributed by atoms with Gasteiger partial charge in [0.15, 0.2) is 0 Å². The topological polar surface area (TPSA) is 81.2 Å². The van der Waals surface area contributed by atoms with Crippen LogP contribution in [-0.4, -0.2) is 18.4 Å². The molecule has 0 bridgehead atoms. The van der Waals surface area contributed by atoms with Gasteiger partial charge in [-0.05, 0) is 51.3 Å². The third-order valence-corrected chi connectivity index (χ3v) is 6.25. The number of nitrogens with one attached hydrogen (secondary N) is 1. The maximum absolute atomic E-state index is 12.8. The molecule has 3 aromatic carbocycles. The van der Waals surface area contributed by atoms with Crippen LogP contribution in [0, 0.1) is 6.92 Å². The second-order valence-electron chi connectivity index (χ2n) is 6.69. The minimum atomic E-state index is -3.83. The third-order valence-electron chi connectivity index (χ3n) is 4.52. The summed E-state index contributed by atoms with van der Waals surface area (Å²) in [6.45, 7) is 2.11. The van der Waals surface area contributed by atoms with Gasteiger partial charge in [-0.3, -0.25) is 4.72 Å². The van der Waals surface area contributed by atoms with Crippen molar-refractivity contribution in [1.82, 2.24) is 9.97 Å². The van der Waals surface area contributed by atoms with Crippen LogP contribution in [0.5, 0.6) is 5.88 Å². The molecule has 0 amide bonds. The molecule has 1 N–H and O–H groups in total. The monoisotopic (exact) mass is 483 g/mol. The van der Waals surface area contributed by atoms with E-state index in [9.17, 15) is 8.42 Å². The molecule has 0 atom stereocenters. The second-order valence-corrected chi connectivity index (χ2v) is 9.19. The van der Waals surface area contributed by atoms with Gasteiger partial charge in [-0.25, -0.2) is 18.4 Å². The number of halogens is 1. The standard InChI is InChI=1S/C22H18BrN3O3S/c1-15-9-11-18(12-10-15)30(27,28)26-21-22(25-20(23)13-24-21)29-14-17-7-4-6-16-5-2-3-8-19(16)17/h2-13H,14H2,1H3,(H,24,26). The summed E-state index contributed by atoms with van der Waals surface area (Å²) in [4.78, 5) is 8.56. The molecule has 0 spiro atoms. The molecule has 6 nitrogen and oxygen atoms in total. The van der Waals surface area contributed by atoms with Crippen LogP contribution < -0.4 is 9.46 Å². The highest BCUT2D eigenvalue weighted by Crippen LogP contribution is 2.27. The Morgan fingerprint density at radius 1 is 1.00 bits per heavy atom.